The zero-order chi connectivity index (χ0) is 24.1. The maximum atomic E-state index is 13.3. The highest BCUT2D eigenvalue weighted by Crippen LogP contribution is 2.31. The highest BCUT2D eigenvalue weighted by Gasteiger charge is 2.34. The van der Waals surface area contributed by atoms with Crippen molar-refractivity contribution in [3.05, 3.63) is 23.8 Å². The number of amides is 3. The number of methoxy groups -OCH3 is 1. The molecule has 2 atom stereocenters. The number of nitrogens with one attached hydrogen (secondary N) is 2. The highest BCUT2D eigenvalue weighted by molar-refractivity contribution is 7.89. The predicted octanol–water partition coefficient (Wildman–Crippen LogP) is 2.04. The van der Waals surface area contributed by atoms with Crippen molar-refractivity contribution in [2.24, 2.45) is 0 Å². The molecule has 1 fully saturated rings. The average Bonchev–Trinajstić information content (AvgIpc) is 2.72. The number of hydrogen-bond donors (Lipinski definition) is 2. The summed E-state index contributed by atoms with van der Waals surface area (Å²) in [5.41, 5.74) is -0.0553. The van der Waals surface area contributed by atoms with Crippen LogP contribution >= 0.6 is 0 Å². The average molecular weight is 470 g/mol. The fourth-order valence-electron chi connectivity index (χ4n) is 3.35. The topological polar surface area (TPSA) is 131 Å². The SMILES string of the molecule is COc1ccc(C(=O)O[C@H](C)C(=O)NC(=O)NC(C)C)cc1S(=O)(=O)N1CCCC[C@@H]1C. The minimum atomic E-state index is -3.91. The van der Waals surface area contributed by atoms with Gasteiger partial charge in [-0.15, -0.1) is 0 Å². The van der Waals surface area contributed by atoms with Gasteiger partial charge in [-0.1, -0.05) is 6.42 Å². The molecule has 178 valence electrons. The summed E-state index contributed by atoms with van der Waals surface area (Å²) in [5, 5.41) is 4.57. The smallest absolute Gasteiger partial charge is 0.338 e. The fourth-order valence-corrected chi connectivity index (χ4v) is 5.24. The Morgan fingerprint density at radius 1 is 1.16 bits per heavy atom. The van der Waals surface area contributed by atoms with Gasteiger partial charge < -0.3 is 14.8 Å². The van der Waals surface area contributed by atoms with Crippen LogP contribution in [0.5, 0.6) is 5.75 Å². The van der Waals surface area contributed by atoms with Gasteiger partial charge in [0.15, 0.2) is 6.10 Å². The van der Waals surface area contributed by atoms with Crippen LogP contribution in [0.15, 0.2) is 23.1 Å². The first-order valence-electron chi connectivity index (χ1n) is 10.5. The molecule has 1 aliphatic heterocycles. The van der Waals surface area contributed by atoms with E-state index in [0.29, 0.717) is 6.54 Å². The van der Waals surface area contributed by atoms with Gasteiger partial charge in [-0.05, 0) is 58.7 Å². The van der Waals surface area contributed by atoms with E-state index in [2.05, 4.69) is 10.6 Å². The molecule has 0 spiro atoms. The van der Waals surface area contributed by atoms with E-state index in [9.17, 15) is 22.8 Å². The number of benzene rings is 1. The second-order valence-electron chi connectivity index (χ2n) is 7.99. The second kappa shape index (κ2) is 10.8. The van der Waals surface area contributed by atoms with Crippen LogP contribution < -0.4 is 15.4 Å². The molecule has 1 aliphatic rings. The maximum absolute atomic E-state index is 13.3. The molecule has 10 nitrogen and oxygen atoms in total. The van der Waals surface area contributed by atoms with E-state index in [0.717, 1.165) is 19.3 Å². The van der Waals surface area contributed by atoms with Crippen LogP contribution in [0.2, 0.25) is 0 Å². The predicted molar refractivity (Wildman–Crippen MR) is 117 cm³/mol. The molecule has 3 amide bonds. The lowest BCUT2D eigenvalue weighted by molar-refractivity contribution is -0.127. The minimum Gasteiger partial charge on any atom is -0.495 e. The Bertz CT molecular complexity index is 962. The Labute approximate surface area is 188 Å². The monoisotopic (exact) mass is 469 g/mol. The molecule has 1 heterocycles. The van der Waals surface area contributed by atoms with Crippen molar-refractivity contribution in [2.75, 3.05) is 13.7 Å². The minimum absolute atomic E-state index is 0.0553. The number of hydrogen-bond acceptors (Lipinski definition) is 7. The first kappa shape index (κ1) is 25.6. The van der Waals surface area contributed by atoms with E-state index < -0.39 is 34.0 Å². The Hall–Kier alpha value is -2.66. The number of carbonyl (C=O) groups is 3. The third kappa shape index (κ3) is 6.19. The zero-order valence-corrected chi connectivity index (χ0v) is 19.8. The molecule has 32 heavy (non-hydrogen) atoms. The normalized spacial score (nSPS) is 18.0. The summed E-state index contributed by atoms with van der Waals surface area (Å²) in [7, 11) is -2.57. The van der Waals surface area contributed by atoms with E-state index in [4.69, 9.17) is 9.47 Å². The van der Waals surface area contributed by atoms with Crippen LogP contribution in [-0.2, 0) is 19.6 Å². The molecule has 2 N–H and O–H groups in total. The number of urea groups is 1. The number of nitrogens with zero attached hydrogens (tertiary/aromatic N) is 1. The molecular formula is C21H31N3O7S. The Morgan fingerprint density at radius 3 is 2.44 bits per heavy atom. The first-order chi connectivity index (χ1) is 15.0. The third-order valence-electron chi connectivity index (χ3n) is 5.04. The molecule has 11 heteroatoms. The standard InChI is InChI=1S/C21H31N3O7S/c1-13(2)22-21(27)23-19(25)15(4)31-20(26)16-9-10-17(30-5)18(12-16)32(28,29)24-11-7-6-8-14(24)3/h9-10,12-15H,6-8,11H2,1-5H3,(H2,22,23,25,27)/t14-,15+/m0/s1. The molecule has 2 rings (SSSR count). The van der Waals surface area contributed by atoms with Crippen molar-refractivity contribution in [1.82, 2.24) is 14.9 Å². The van der Waals surface area contributed by atoms with Gasteiger partial charge >= 0.3 is 12.0 Å². The lowest BCUT2D eigenvalue weighted by Crippen LogP contribution is -2.46. The summed E-state index contributed by atoms with van der Waals surface area (Å²) in [6.07, 6.45) is 1.18. The summed E-state index contributed by atoms with van der Waals surface area (Å²) < 4.78 is 38.3. The summed E-state index contributed by atoms with van der Waals surface area (Å²) >= 11 is 0. The van der Waals surface area contributed by atoms with Gasteiger partial charge in [-0.3, -0.25) is 10.1 Å². The number of ether oxygens (including phenoxy) is 2. The van der Waals surface area contributed by atoms with Gasteiger partial charge in [-0.2, -0.15) is 4.31 Å². The molecule has 0 aliphatic carbocycles. The van der Waals surface area contributed by atoms with E-state index in [1.807, 2.05) is 6.92 Å². The molecule has 0 aromatic heterocycles. The van der Waals surface area contributed by atoms with Crippen molar-refractivity contribution < 1.29 is 32.3 Å². The molecular weight excluding hydrogens is 438 g/mol. The Morgan fingerprint density at radius 2 is 1.84 bits per heavy atom. The van der Waals surface area contributed by atoms with E-state index in [1.165, 1.54) is 36.5 Å². The summed E-state index contributed by atoms with van der Waals surface area (Å²) in [4.78, 5) is 36.2. The number of carbonyl (C=O) groups excluding carboxylic acids is 3. The van der Waals surface area contributed by atoms with Crippen LogP contribution in [0.4, 0.5) is 4.79 Å². The van der Waals surface area contributed by atoms with Crippen molar-refractivity contribution in [1.29, 1.82) is 0 Å². The van der Waals surface area contributed by atoms with E-state index >= 15 is 0 Å². The van der Waals surface area contributed by atoms with Gasteiger partial charge in [0, 0.05) is 18.6 Å². The van der Waals surface area contributed by atoms with Crippen molar-refractivity contribution >= 4 is 27.9 Å². The van der Waals surface area contributed by atoms with Crippen LogP contribution in [-0.4, -0.2) is 62.5 Å². The molecule has 1 saturated heterocycles. The van der Waals surface area contributed by atoms with Gasteiger partial charge in [0.05, 0.1) is 12.7 Å². The van der Waals surface area contributed by atoms with E-state index in [-0.39, 0.29) is 28.3 Å². The maximum Gasteiger partial charge on any atom is 0.338 e. The quantitative estimate of drug-likeness (QED) is 0.584. The molecule has 0 radical (unpaired) electrons. The number of rotatable bonds is 7. The zero-order valence-electron chi connectivity index (χ0n) is 19.0. The summed E-state index contributed by atoms with van der Waals surface area (Å²) in [5.74, 6) is -1.60. The molecule has 0 bridgehead atoms. The lowest BCUT2D eigenvalue weighted by Gasteiger charge is -2.32. The van der Waals surface area contributed by atoms with Crippen LogP contribution in [0.25, 0.3) is 0 Å². The van der Waals surface area contributed by atoms with Gasteiger partial charge in [0.25, 0.3) is 5.91 Å². The lowest BCUT2D eigenvalue weighted by atomic mass is 10.1. The molecule has 0 saturated carbocycles. The highest BCUT2D eigenvalue weighted by atomic mass is 32.2. The van der Waals surface area contributed by atoms with Crippen LogP contribution in [0, 0.1) is 0 Å². The van der Waals surface area contributed by atoms with E-state index in [1.54, 1.807) is 13.8 Å². The Kier molecular flexibility index (Phi) is 8.62. The second-order valence-corrected chi connectivity index (χ2v) is 9.85. The Balaban J connectivity index is 2.21. The summed E-state index contributed by atoms with van der Waals surface area (Å²) in [6.45, 7) is 7.00. The summed E-state index contributed by atoms with van der Waals surface area (Å²) in [6, 6.07) is 2.86. The van der Waals surface area contributed by atoms with Gasteiger partial charge in [0.1, 0.15) is 10.6 Å². The molecule has 1 aromatic rings. The number of imide groups is 1. The van der Waals surface area contributed by atoms with Crippen LogP contribution in [0.3, 0.4) is 0 Å². The largest absolute Gasteiger partial charge is 0.495 e. The van der Waals surface area contributed by atoms with Crippen molar-refractivity contribution in [3.63, 3.8) is 0 Å². The number of piperidine rings is 1. The fraction of sp³-hybridized carbons (Fsp3) is 0.571. The van der Waals surface area contributed by atoms with Crippen molar-refractivity contribution in [2.45, 2.75) is 70.0 Å². The number of sulfonamides is 1. The third-order valence-corrected chi connectivity index (χ3v) is 7.07. The number of esters is 1. The van der Waals surface area contributed by atoms with Crippen molar-refractivity contribution in [3.8, 4) is 5.75 Å². The molecule has 1 aromatic carbocycles. The van der Waals surface area contributed by atoms with Crippen LogP contribution in [0.1, 0.15) is 57.3 Å². The van der Waals surface area contributed by atoms with Gasteiger partial charge in [-0.25, -0.2) is 18.0 Å². The first-order valence-corrected chi connectivity index (χ1v) is 11.9. The van der Waals surface area contributed by atoms with Gasteiger partial charge in [0.2, 0.25) is 10.0 Å². The molecule has 0 unspecified atom stereocenters.